The van der Waals surface area contributed by atoms with E-state index in [0.29, 0.717) is 6.04 Å². The smallest absolute Gasteiger partial charge is 0.251 e. The monoisotopic (exact) mass is 303 g/mol. The first-order valence-corrected chi connectivity index (χ1v) is 8.72. The number of hydrogen-bond acceptors (Lipinski definition) is 2. The van der Waals surface area contributed by atoms with Crippen molar-refractivity contribution in [1.29, 1.82) is 0 Å². The summed E-state index contributed by atoms with van der Waals surface area (Å²) in [6, 6.07) is 7.84. The van der Waals surface area contributed by atoms with Gasteiger partial charge in [-0.2, -0.15) is 0 Å². The Morgan fingerprint density at radius 3 is 2.45 bits per heavy atom. The first kappa shape index (κ1) is 16.9. The number of hydrogen-bond donors (Lipinski definition) is 1. The molecule has 1 aromatic rings. The van der Waals surface area contributed by atoms with Crippen LogP contribution in [0, 0.1) is 5.92 Å². The molecule has 22 heavy (non-hydrogen) atoms. The molecule has 0 aromatic heterocycles. The maximum absolute atomic E-state index is 12.3. The second kappa shape index (κ2) is 8.82. The molecule has 1 aromatic carbocycles. The lowest BCUT2D eigenvalue weighted by molar-refractivity contribution is 0.0923. The predicted octanol–water partition coefficient (Wildman–Crippen LogP) is 4.56. The number of unbranched alkanes of at least 4 members (excludes halogenated alkanes) is 2. The van der Waals surface area contributed by atoms with Crippen LogP contribution in [0.5, 0.6) is 5.75 Å². The van der Waals surface area contributed by atoms with Gasteiger partial charge in [-0.25, -0.2) is 0 Å². The fraction of sp³-hybridized carbons (Fsp3) is 0.632. The van der Waals surface area contributed by atoms with Crippen molar-refractivity contribution in [3.8, 4) is 5.75 Å². The first-order chi connectivity index (χ1) is 10.7. The number of benzene rings is 1. The maximum atomic E-state index is 12.3. The van der Waals surface area contributed by atoms with Crippen LogP contribution in [0.3, 0.4) is 0 Å². The van der Waals surface area contributed by atoms with Gasteiger partial charge in [0.05, 0.1) is 6.61 Å². The Morgan fingerprint density at radius 1 is 1.14 bits per heavy atom. The van der Waals surface area contributed by atoms with Crippen molar-refractivity contribution in [2.24, 2.45) is 5.92 Å². The molecule has 1 fully saturated rings. The van der Waals surface area contributed by atoms with Gasteiger partial charge in [0.15, 0.2) is 0 Å². The van der Waals surface area contributed by atoms with Crippen molar-refractivity contribution in [3.63, 3.8) is 0 Å². The highest BCUT2D eigenvalue weighted by Crippen LogP contribution is 2.23. The zero-order valence-electron chi connectivity index (χ0n) is 13.9. The number of carbonyl (C=O) groups is 1. The molecule has 1 N–H and O–H groups in total. The number of amides is 1. The van der Waals surface area contributed by atoms with Crippen LogP contribution >= 0.6 is 0 Å². The van der Waals surface area contributed by atoms with Gasteiger partial charge in [0.2, 0.25) is 0 Å². The topological polar surface area (TPSA) is 38.3 Å². The maximum Gasteiger partial charge on any atom is 0.251 e. The van der Waals surface area contributed by atoms with Gasteiger partial charge in [0.1, 0.15) is 5.75 Å². The summed E-state index contributed by atoms with van der Waals surface area (Å²) in [6.07, 6.45) is 8.11. The predicted molar refractivity (Wildman–Crippen MR) is 90.3 cm³/mol. The van der Waals surface area contributed by atoms with Crippen molar-refractivity contribution >= 4 is 5.91 Å². The van der Waals surface area contributed by atoms with Gasteiger partial charge in [-0.1, -0.05) is 26.7 Å². The molecular weight excluding hydrogens is 274 g/mol. The van der Waals surface area contributed by atoms with Crippen molar-refractivity contribution in [2.75, 3.05) is 6.61 Å². The van der Waals surface area contributed by atoms with Crippen LogP contribution in [0.25, 0.3) is 0 Å². The molecule has 1 amide bonds. The molecule has 3 heteroatoms. The fourth-order valence-corrected chi connectivity index (χ4v) is 2.92. The Morgan fingerprint density at radius 2 is 1.82 bits per heavy atom. The first-order valence-electron chi connectivity index (χ1n) is 8.72. The normalized spacial score (nSPS) is 21.4. The van der Waals surface area contributed by atoms with Gasteiger partial charge in [-0.3, -0.25) is 4.79 Å². The number of rotatable bonds is 7. The minimum Gasteiger partial charge on any atom is -0.494 e. The molecule has 122 valence electrons. The molecule has 0 radical (unpaired) electrons. The summed E-state index contributed by atoms with van der Waals surface area (Å²) >= 11 is 0. The van der Waals surface area contributed by atoms with Crippen LogP contribution in [0.4, 0.5) is 0 Å². The molecule has 1 saturated carbocycles. The lowest BCUT2D eigenvalue weighted by Gasteiger charge is -2.26. The van der Waals surface area contributed by atoms with E-state index in [9.17, 15) is 4.79 Å². The van der Waals surface area contributed by atoms with E-state index in [1.54, 1.807) is 0 Å². The Labute approximate surface area is 134 Å². The van der Waals surface area contributed by atoms with E-state index < -0.39 is 0 Å². The highest BCUT2D eigenvalue weighted by Gasteiger charge is 2.20. The summed E-state index contributed by atoms with van der Waals surface area (Å²) in [5.41, 5.74) is 0.722. The minimum absolute atomic E-state index is 0.0390. The third kappa shape index (κ3) is 5.36. The van der Waals surface area contributed by atoms with E-state index >= 15 is 0 Å². The molecule has 3 nitrogen and oxygen atoms in total. The van der Waals surface area contributed by atoms with Crippen LogP contribution in [-0.2, 0) is 0 Å². The minimum atomic E-state index is 0.0390. The van der Waals surface area contributed by atoms with E-state index in [1.165, 1.54) is 25.7 Å². The highest BCUT2D eigenvalue weighted by atomic mass is 16.5. The van der Waals surface area contributed by atoms with Crippen LogP contribution < -0.4 is 10.1 Å². The molecule has 1 aliphatic rings. The average Bonchev–Trinajstić information content (AvgIpc) is 2.54. The van der Waals surface area contributed by atoms with Crippen LogP contribution in [0.15, 0.2) is 24.3 Å². The molecule has 2 rings (SSSR count). The lowest BCUT2D eigenvalue weighted by Crippen LogP contribution is -2.37. The van der Waals surface area contributed by atoms with Gasteiger partial charge >= 0.3 is 0 Å². The summed E-state index contributed by atoms with van der Waals surface area (Å²) in [4.78, 5) is 12.3. The fourth-order valence-electron chi connectivity index (χ4n) is 2.92. The SMILES string of the molecule is CCCCCOc1ccc(C(=O)NC2CCC(C)CC2)cc1. The standard InChI is InChI=1S/C19H29NO2/c1-3-4-5-14-22-18-12-8-16(9-13-18)19(21)20-17-10-6-15(2)7-11-17/h8-9,12-13,15,17H,3-7,10-11,14H2,1-2H3,(H,20,21). The van der Waals surface area contributed by atoms with E-state index in [-0.39, 0.29) is 5.91 Å². The van der Waals surface area contributed by atoms with Crippen LogP contribution in [0.1, 0.15) is 69.2 Å². The van der Waals surface area contributed by atoms with E-state index in [2.05, 4.69) is 19.2 Å². The third-order valence-electron chi connectivity index (χ3n) is 4.48. The Kier molecular flexibility index (Phi) is 6.75. The molecule has 0 bridgehead atoms. The molecular formula is C19H29NO2. The van der Waals surface area contributed by atoms with Crippen molar-refractivity contribution in [3.05, 3.63) is 29.8 Å². The quantitative estimate of drug-likeness (QED) is 0.750. The Balaban J connectivity index is 1.78. The molecule has 0 saturated heterocycles. The summed E-state index contributed by atoms with van der Waals surface area (Å²) in [5, 5.41) is 3.16. The van der Waals surface area contributed by atoms with Crippen LogP contribution in [0.2, 0.25) is 0 Å². The molecule has 0 heterocycles. The number of nitrogens with one attached hydrogen (secondary N) is 1. The molecule has 1 aliphatic carbocycles. The summed E-state index contributed by atoms with van der Waals surface area (Å²) < 4.78 is 5.67. The second-order valence-corrected chi connectivity index (χ2v) is 6.51. The van der Waals surface area contributed by atoms with Crippen LogP contribution in [-0.4, -0.2) is 18.6 Å². The van der Waals surface area contributed by atoms with Crippen molar-refractivity contribution in [2.45, 2.75) is 64.8 Å². The van der Waals surface area contributed by atoms with Gasteiger partial charge in [-0.05, 0) is 62.3 Å². The van der Waals surface area contributed by atoms with Crippen molar-refractivity contribution < 1.29 is 9.53 Å². The largest absolute Gasteiger partial charge is 0.494 e. The molecule has 0 aliphatic heterocycles. The molecule has 0 spiro atoms. The number of ether oxygens (including phenoxy) is 1. The molecule has 0 atom stereocenters. The molecule has 0 unspecified atom stereocenters. The average molecular weight is 303 g/mol. The van der Waals surface area contributed by atoms with Gasteiger partial charge in [-0.15, -0.1) is 0 Å². The Bertz CT molecular complexity index is 447. The summed E-state index contributed by atoms with van der Waals surface area (Å²) in [5.74, 6) is 1.69. The summed E-state index contributed by atoms with van der Waals surface area (Å²) in [6.45, 7) is 5.22. The summed E-state index contributed by atoms with van der Waals surface area (Å²) in [7, 11) is 0. The van der Waals surface area contributed by atoms with Gasteiger partial charge in [0, 0.05) is 11.6 Å². The van der Waals surface area contributed by atoms with Gasteiger partial charge in [0.25, 0.3) is 5.91 Å². The van der Waals surface area contributed by atoms with E-state index in [4.69, 9.17) is 4.74 Å². The van der Waals surface area contributed by atoms with Crippen molar-refractivity contribution in [1.82, 2.24) is 5.32 Å². The van der Waals surface area contributed by atoms with E-state index in [1.807, 2.05) is 24.3 Å². The third-order valence-corrected chi connectivity index (χ3v) is 4.48. The highest BCUT2D eigenvalue weighted by molar-refractivity contribution is 5.94. The zero-order chi connectivity index (χ0) is 15.8. The second-order valence-electron chi connectivity index (χ2n) is 6.51. The Hall–Kier alpha value is -1.51. The lowest BCUT2D eigenvalue weighted by atomic mass is 9.87. The zero-order valence-corrected chi connectivity index (χ0v) is 13.9. The van der Waals surface area contributed by atoms with Gasteiger partial charge < -0.3 is 10.1 Å². The number of carbonyl (C=O) groups excluding carboxylic acids is 1. The van der Waals surface area contributed by atoms with E-state index in [0.717, 1.165) is 43.1 Å².